The third-order valence-electron chi connectivity index (χ3n) is 6.84. The van der Waals surface area contributed by atoms with Crippen molar-refractivity contribution in [3.63, 3.8) is 0 Å². The Kier molecular flexibility index (Phi) is 9.42. The van der Waals surface area contributed by atoms with Crippen LogP contribution in [0, 0.1) is 23.6 Å². The predicted octanol–water partition coefficient (Wildman–Crippen LogP) is 4.01. The van der Waals surface area contributed by atoms with Gasteiger partial charge in [0.15, 0.2) is 0 Å². The molecule has 4 rings (SSSR count). The number of likely N-dealkylation sites (N-methyl/N-ethyl adjacent to an activating group) is 1. The Labute approximate surface area is 238 Å². The highest BCUT2D eigenvalue weighted by Crippen LogP contribution is 2.27. The normalized spacial score (nSPS) is 17.1. The smallest absolute Gasteiger partial charge is 0.321 e. The SMILES string of the molecule is COc1cccc(NC(=O)N(C)C[C@H]2Oc3ncc(C#Cc4ccc(F)cc4)cc3C(=O)N([C@H](C)CO)C[C@H]2C)c1. The Balaban J connectivity index is 1.59. The van der Waals surface area contributed by atoms with Gasteiger partial charge in [0.05, 0.1) is 26.3 Å². The number of nitrogens with zero attached hydrogens (tertiary/aromatic N) is 3. The predicted molar refractivity (Wildman–Crippen MR) is 152 cm³/mol. The first kappa shape index (κ1) is 29.4. The molecule has 3 atom stereocenters. The van der Waals surface area contributed by atoms with Crippen LogP contribution >= 0.6 is 0 Å². The summed E-state index contributed by atoms with van der Waals surface area (Å²) in [5.74, 6) is 5.75. The number of urea groups is 1. The second-order valence-electron chi connectivity index (χ2n) is 10.00. The summed E-state index contributed by atoms with van der Waals surface area (Å²) >= 11 is 0. The number of carbonyl (C=O) groups excluding carboxylic acids is 2. The maximum atomic E-state index is 13.6. The summed E-state index contributed by atoms with van der Waals surface area (Å²) in [5, 5.41) is 12.7. The third kappa shape index (κ3) is 7.32. The van der Waals surface area contributed by atoms with Crippen molar-refractivity contribution in [2.75, 3.05) is 39.2 Å². The van der Waals surface area contributed by atoms with E-state index < -0.39 is 12.1 Å². The highest BCUT2D eigenvalue weighted by molar-refractivity contribution is 5.97. The van der Waals surface area contributed by atoms with E-state index in [1.807, 2.05) is 6.92 Å². The van der Waals surface area contributed by atoms with Gasteiger partial charge in [-0.25, -0.2) is 14.2 Å². The van der Waals surface area contributed by atoms with Gasteiger partial charge in [0.2, 0.25) is 5.88 Å². The minimum absolute atomic E-state index is 0.121. The lowest BCUT2D eigenvalue weighted by atomic mass is 10.00. The number of nitrogens with one attached hydrogen (secondary N) is 1. The van der Waals surface area contributed by atoms with Gasteiger partial charge in [-0.05, 0) is 49.4 Å². The van der Waals surface area contributed by atoms with Crippen molar-refractivity contribution < 1.29 is 28.6 Å². The molecule has 2 aromatic carbocycles. The Morgan fingerprint density at radius 1 is 1.24 bits per heavy atom. The highest BCUT2D eigenvalue weighted by Gasteiger charge is 2.34. The van der Waals surface area contributed by atoms with Crippen LogP contribution in [-0.4, -0.2) is 77.8 Å². The number of rotatable bonds is 6. The molecule has 0 fully saturated rings. The van der Waals surface area contributed by atoms with Crippen LogP contribution in [0.25, 0.3) is 0 Å². The minimum Gasteiger partial charge on any atom is -0.497 e. The fourth-order valence-corrected chi connectivity index (χ4v) is 4.34. The van der Waals surface area contributed by atoms with E-state index in [0.717, 1.165) is 0 Å². The monoisotopic (exact) mass is 560 g/mol. The minimum atomic E-state index is -0.514. The van der Waals surface area contributed by atoms with Crippen LogP contribution in [0.15, 0.2) is 60.8 Å². The number of amides is 3. The average molecular weight is 561 g/mol. The van der Waals surface area contributed by atoms with Crippen molar-refractivity contribution in [2.24, 2.45) is 5.92 Å². The Morgan fingerprint density at radius 3 is 2.68 bits per heavy atom. The summed E-state index contributed by atoms with van der Waals surface area (Å²) in [4.78, 5) is 34.1. The highest BCUT2D eigenvalue weighted by atomic mass is 19.1. The summed E-state index contributed by atoms with van der Waals surface area (Å²) in [6.07, 6.45) is 0.991. The maximum absolute atomic E-state index is 13.6. The number of ether oxygens (including phenoxy) is 2. The van der Waals surface area contributed by atoms with Gasteiger partial charge in [-0.1, -0.05) is 24.8 Å². The van der Waals surface area contributed by atoms with Gasteiger partial charge >= 0.3 is 6.03 Å². The average Bonchev–Trinajstić information content (AvgIpc) is 2.98. The molecule has 0 saturated heterocycles. The zero-order valence-corrected chi connectivity index (χ0v) is 23.4. The zero-order chi connectivity index (χ0) is 29.5. The summed E-state index contributed by atoms with van der Waals surface area (Å²) in [6.45, 7) is 3.97. The van der Waals surface area contributed by atoms with Crippen LogP contribution in [-0.2, 0) is 0 Å². The van der Waals surface area contributed by atoms with Crippen LogP contribution in [0.4, 0.5) is 14.9 Å². The number of hydrogen-bond acceptors (Lipinski definition) is 6. The van der Waals surface area contributed by atoms with Crippen LogP contribution in [0.1, 0.15) is 35.3 Å². The van der Waals surface area contributed by atoms with E-state index in [1.165, 1.54) is 23.2 Å². The summed E-state index contributed by atoms with van der Waals surface area (Å²) < 4.78 is 24.7. The molecule has 0 saturated carbocycles. The van der Waals surface area contributed by atoms with E-state index in [1.54, 1.807) is 68.4 Å². The quantitative estimate of drug-likeness (QED) is 0.442. The number of aliphatic hydroxyl groups excluding tert-OH is 1. The first-order valence-electron chi connectivity index (χ1n) is 13.2. The number of aromatic nitrogens is 1. The molecule has 1 aliphatic heterocycles. The lowest BCUT2D eigenvalue weighted by Gasteiger charge is -2.37. The lowest BCUT2D eigenvalue weighted by Crippen LogP contribution is -2.50. The van der Waals surface area contributed by atoms with Gasteiger partial charge in [0, 0.05) is 48.6 Å². The van der Waals surface area contributed by atoms with Crippen molar-refractivity contribution in [1.82, 2.24) is 14.8 Å². The standard InChI is InChI=1S/C31H33FN4O5/c1-20-17-36(21(2)19-37)30(38)27-14-23(9-8-22-10-12-24(32)13-11-22)16-33-29(27)41-28(20)18-35(3)31(39)34-25-6-5-7-26(15-25)40-4/h5-7,10-16,20-21,28,37H,17-19H2,1-4H3,(H,34,39)/t20-,21-,28-/m1/s1. The van der Waals surface area contributed by atoms with E-state index in [2.05, 4.69) is 22.1 Å². The van der Waals surface area contributed by atoms with E-state index in [4.69, 9.17) is 9.47 Å². The molecule has 0 unspecified atom stereocenters. The van der Waals surface area contributed by atoms with Gasteiger partial charge in [0.25, 0.3) is 5.91 Å². The second kappa shape index (κ2) is 13.2. The van der Waals surface area contributed by atoms with Gasteiger partial charge in [-0.2, -0.15) is 0 Å². The van der Waals surface area contributed by atoms with Crippen LogP contribution < -0.4 is 14.8 Å². The summed E-state index contributed by atoms with van der Waals surface area (Å²) in [6, 6.07) is 13.6. The molecule has 3 amide bonds. The molecule has 9 nitrogen and oxygen atoms in total. The van der Waals surface area contributed by atoms with Crippen molar-refractivity contribution in [2.45, 2.75) is 26.0 Å². The number of benzene rings is 2. The molecule has 0 bridgehead atoms. The molecule has 2 heterocycles. The molecule has 3 aromatic rings. The van der Waals surface area contributed by atoms with Gasteiger partial charge in [-0.15, -0.1) is 0 Å². The number of fused-ring (bicyclic) bond motifs is 1. The molecule has 0 spiro atoms. The molecule has 41 heavy (non-hydrogen) atoms. The Morgan fingerprint density at radius 2 is 1.98 bits per heavy atom. The zero-order valence-electron chi connectivity index (χ0n) is 23.4. The van der Waals surface area contributed by atoms with Crippen LogP contribution in [0.2, 0.25) is 0 Å². The van der Waals surface area contributed by atoms with Gasteiger partial charge < -0.3 is 29.7 Å². The third-order valence-corrected chi connectivity index (χ3v) is 6.84. The topological polar surface area (TPSA) is 104 Å². The first-order chi connectivity index (χ1) is 19.7. The summed E-state index contributed by atoms with van der Waals surface area (Å²) in [7, 11) is 3.21. The van der Waals surface area contributed by atoms with Crippen LogP contribution in [0.5, 0.6) is 11.6 Å². The Hall–Kier alpha value is -4.62. The molecular weight excluding hydrogens is 527 g/mol. The number of anilines is 1. The summed E-state index contributed by atoms with van der Waals surface area (Å²) in [5.41, 5.74) is 1.88. The van der Waals surface area contributed by atoms with E-state index in [9.17, 15) is 19.1 Å². The number of halogens is 1. The lowest BCUT2D eigenvalue weighted by molar-refractivity contribution is 0.0356. The number of pyridine rings is 1. The van der Waals surface area contributed by atoms with E-state index >= 15 is 0 Å². The molecule has 1 aromatic heterocycles. The van der Waals surface area contributed by atoms with Crippen molar-refractivity contribution in [3.8, 4) is 23.5 Å². The molecule has 1 aliphatic rings. The molecular formula is C31H33FN4O5. The molecule has 2 N–H and O–H groups in total. The molecule has 214 valence electrons. The number of carbonyl (C=O) groups is 2. The number of hydrogen-bond donors (Lipinski definition) is 2. The van der Waals surface area contributed by atoms with Crippen molar-refractivity contribution in [1.29, 1.82) is 0 Å². The fourth-order valence-electron chi connectivity index (χ4n) is 4.34. The van der Waals surface area contributed by atoms with Crippen molar-refractivity contribution >= 4 is 17.6 Å². The number of aliphatic hydroxyl groups is 1. The fraction of sp³-hybridized carbons (Fsp3) is 0.323. The maximum Gasteiger partial charge on any atom is 0.321 e. The van der Waals surface area contributed by atoms with Crippen molar-refractivity contribution in [3.05, 3.63) is 83.3 Å². The van der Waals surface area contributed by atoms with Gasteiger partial charge in [-0.3, -0.25) is 4.79 Å². The molecule has 10 heteroatoms. The van der Waals surface area contributed by atoms with E-state index in [0.29, 0.717) is 29.1 Å². The molecule has 0 radical (unpaired) electrons. The number of methoxy groups -OCH3 is 1. The largest absolute Gasteiger partial charge is 0.497 e. The molecule has 0 aliphatic carbocycles. The van der Waals surface area contributed by atoms with Crippen LogP contribution in [0.3, 0.4) is 0 Å². The first-order valence-corrected chi connectivity index (χ1v) is 13.2. The Bertz CT molecular complexity index is 1450. The van der Waals surface area contributed by atoms with E-state index in [-0.39, 0.29) is 48.3 Å². The van der Waals surface area contributed by atoms with Gasteiger partial charge in [0.1, 0.15) is 23.2 Å². The second-order valence-corrected chi connectivity index (χ2v) is 10.00.